The zero-order chi connectivity index (χ0) is 23.2. The van der Waals surface area contributed by atoms with Crippen molar-refractivity contribution >= 4 is 17.6 Å². The van der Waals surface area contributed by atoms with E-state index in [1.807, 2.05) is 31.2 Å². The Morgan fingerprint density at radius 3 is 2.82 bits per heavy atom. The number of aryl methyl sites for hydroxylation is 1. The number of carbonyl (C=O) groups excluding carboxylic acids is 1. The minimum absolute atomic E-state index is 0.233. The average molecular weight is 455 g/mol. The second-order valence-corrected chi connectivity index (χ2v) is 7.95. The van der Waals surface area contributed by atoms with Crippen LogP contribution in [0.3, 0.4) is 0 Å². The highest BCUT2D eigenvalue weighted by molar-refractivity contribution is 5.90. The number of ether oxygens (including phenoxy) is 1. The molecule has 1 amide bonds. The molecule has 1 atom stereocenters. The fourth-order valence-electron chi connectivity index (χ4n) is 4.26. The summed E-state index contributed by atoms with van der Waals surface area (Å²) in [5, 5.41) is 10.9. The number of aromatic amines is 1. The van der Waals surface area contributed by atoms with Gasteiger partial charge in [0.2, 0.25) is 0 Å². The van der Waals surface area contributed by atoms with Crippen LogP contribution >= 0.6 is 0 Å². The number of fused-ring (bicyclic) bond motifs is 1. The second-order valence-electron chi connectivity index (χ2n) is 7.95. The summed E-state index contributed by atoms with van der Waals surface area (Å²) < 4.78 is 21.8. The van der Waals surface area contributed by atoms with E-state index in [-0.39, 0.29) is 24.0 Å². The molecule has 0 bridgehead atoms. The summed E-state index contributed by atoms with van der Waals surface area (Å²) >= 11 is 0. The van der Waals surface area contributed by atoms with Crippen LogP contribution in [-0.4, -0.2) is 42.5 Å². The number of amides is 1. The fourth-order valence-corrected chi connectivity index (χ4v) is 4.26. The molecule has 0 radical (unpaired) electrons. The van der Waals surface area contributed by atoms with Gasteiger partial charge in [-0.1, -0.05) is 30.3 Å². The van der Waals surface area contributed by atoms with E-state index < -0.39 is 11.9 Å². The summed E-state index contributed by atoms with van der Waals surface area (Å²) in [7, 11) is 0. The van der Waals surface area contributed by atoms with E-state index in [1.54, 1.807) is 40.0 Å². The summed E-state index contributed by atoms with van der Waals surface area (Å²) in [6.45, 7) is 2.23. The SMILES string of the molecule is Cc1ccccc1[C@H]1COC(=O)N1c1ccn2ncc(-c3ccc(-c4nc[nH]n4)c(F)c3)c2n1. The number of cyclic esters (lactones) is 1. The number of carbonyl (C=O) groups is 1. The van der Waals surface area contributed by atoms with Crippen molar-refractivity contribution < 1.29 is 13.9 Å². The zero-order valence-corrected chi connectivity index (χ0v) is 18.0. The van der Waals surface area contributed by atoms with Crippen LogP contribution in [0.15, 0.2) is 67.3 Å². The molecule has 3 aromatic heterocycles. The van der Waals surface area contributed by atoms with E-state index in [0.717, 1.165) is 11.1 Å². The highest BCUT2D eigenvalue weighted by Crippen LogP contribution is 2.35. The Balaban J connectivity index is 1.42. The van der Waals surface area contributed by atoms with Crippen LogP contribution in [0.25, 0.3) is 28.2 Å². The van der Waals surface area contributed by atoms with Gasteiger partial charge in [0.15, 0.2) is 11.5 Å². The highest BCUT2D eigenvalue weighted by Gasteiger charge is 2.37. The van der Waals surface area contributed by atoms with Crippen LogP contribution in [0.4, 0.5) is 15.0 Å². The highest BCUT2D eigenvalue weighted by atomic mass is 19.1. The predicted molar refractivity (Wildman–Crippen MR) is 122 cm³/mol. The molecule has 1 saturated heterocycles. The molecule has 1 aliphatic heterocycles. The Hall–Kier alpha value is -4.60. The van der Waals surface area contributed by atoms with Gasteiger partial charge in [-0.15, -0.1) is 0 Å². The Morgan fingerprint density at radius 1 is 1.15 bits per heavy atom. The lowest BCUT2D eigenvalue weighted by molar-refractivity contribution is 0.179. The normalized spacial score (nSPS) is 15.8. The summed E-state index contributed by atoms with van der Waals surface area (Å²) in [6, 6.07) is 14.1. The molecule has 4 heterocycles. The lowest BCUT2D eigenvalue weighted by Gasteiger charge is -2.22. The van der Waals surface area contributed by atoms with E-state index in [4.69, 9.17) is 9.72 Å². The molecule has 2 aromatic carbocycles. The minimum Gasteiger partial charge on any atom is -0.447 e. The topological polar surface area (TPSA) is 101 Å². The van der Waals surface area contributed by atoms with Crippen molar-refractivity contribution in [3.8, 4) is 22.5 Å². The molecule has 9 nitrogen and oxygen atoms in total. The molecule has 6 rings (SSSR count). The Morgan fingerprint density at radius 2 is 2.03 bits per heavy atom. The number of nitrogens with one attached hydrogen (secondary N) is 1. The van der Waals surface area contributed by atoms with Gasteiger partial charge >= 0.3 is 6.09 Å². The molecular formula is C24H18FN7O2. The van der Waals surface area contributed by atoms with Crippen molar-refractivity contribution in [1.29, 1.82) is 0 Å². The second kappa shape index (κ2) is 7.77. The zero-order valence-electron chi connectivity index (χ0n) is 18.0. The number of hydrogen-bond donors (Lipinski definition) is 1. The molecule has 168 valence electrons. The maximum Gasteiger partial charge on any atom is 0.416 e. The van der Waals surface area contributed by atoms with Crippen molar-refractivity contribution in [2.45, 2.75) is 13.0 Å². The summed E-state index contributed by atoms with van der Waals surface area (Å²) in [5.74, 6) is 0.247. The van der Waals surface area contributed by atoms with Gasteiger partial charge in [-0.25, -0.2) is 23.7 Å². The van der Waals surface area contributed by atoms with Crippen LogP contribution in [-0.2, 0) is 4.74 Å². The summed E-state index contributed by atoms with van der Waals surface area (Å²) in [6.07, 6.45) is 4.27. The number of halogens is 1. The van der Waals surface area contributed by atoms with Gasteiger partial charge in [0.25, 0.3) is 0 Å². The predicted octanol–water partition coefficient (Wildman–Crippen LogP) is 4.33. The first-order valence-electron chi connectivity index (χ1n) is 10.6. The number of anilines is 1. The Bertz CT molecular complexity index is 1530. The first-order chi connectivity index (χ1) is 16.6. The smallest absolute Gasteiger partial charge is 0.416 e. The minimum atomic E-state index is -0.465. The third-order valence-corrected chi connectivity index (χ3v) is 5.96. The van der Waals surface area contributed by atoms with Crippen molar-refractivity contribution in [3.63, 3.8) is 0 Å². The van der Waals surface area contributed by atoms with Crippen LogP contribution in [0.1, 0.15) is 17.2 Å². The monoisotopic (exact) mass is 455 g/mol. The van der Waals surface area contributed by atoms with E-state index in [1.165, 1.54) is 12.4 Å². The lowest BCUT2D eigenvalue weighted by Crippen LogP contribution is -2.28. The Labute approximate surface area is 192 Å². The molecule has 1 fully saturated rings. The van der Waals surface area contributed by atoms with Crippen LogP contribution in [0.2, 0.25) is 0 Å². The third-order valence-electron chi connectivity index (χ3n) is 5.96. The number of aromatic nitrogens is 6. The van der Waals surface area contributed by atoms with E-state index in [0.29, 0.717) is 22.6 Å². The number of hydrogen-bond acceptors (Lipinski definition) is 6. The summed E-state index contributed by atoms with van der Waals surface area (Å²) in [4.78, 5) is 22.9. The molecule has 1 N–H and O–H groups in total. The molecular weight excluding hydrogens is 437 g/mol. The molecule has 1 aliphatic rings. The van der Waals surface area contributed by atoms with Crippen LogP contribution < -0.4 is 4.90 Å². The standard InChI is InChI=1S/C24H18FN7O2/c1-14-4-2-3-5-16(14)20-12-34-24(33)32(20)21-8-9-31-23(29-21)18(11-28-31)15-6-7-17(19(25)10-15)22-26-13-27-30-22/h2-11,13,20H,12H2,1H3,(H,26,27,30)/t20-/m1/s1. The summed E-state index contributed by atoms with van der Waals surface area (Å²) in [5.41, 5.74) is 4.05. The van der Waals surface area contributed by atoms with Crippen LogP contribution in [0.5, 0.6) is 0 Å². The molecule has 0 aliphatic carbocycles. The van der Waals surface area contributed by atoms with Gasteiger partial charge in [0, 0.05) is 11.8 Å². The molecule has 34 heavy (non-hydrogen) atoms. The maximum absolute atomic E-state index is 14.8. The number of H-pyrrole nitrogens is 1. The lowest BCUT2D eigenvalue weighted by atomic mass is 10.0. The van der Waals surface area contributed by atoms with Gasteiger partial charge in [-0.2, -0.15) is 10.2 Å². The van der Waals surface area contributed by atoms with Gasteiger partial charge in [-0.3, -0.25) is 10.00 Å². The van der Waals surface area contributed by atoms with Gasteiger partial charge < -0.3 is 4.74 Å². The van der Waals surface area contributed by atoms with Crippen molar-refractivity contribution in [3.05, 3.63) is 84.2 Å². The van der Waals surface area contributed by atoms with Crippen molar-refractivity contribution in [2.24, 2.45) is 0 Å². The molecule has 0 unspecified atom stereocenters. The largest absolute Gasteiger partial charge is 0.447 e. The van der Waals surface area contributed by atoms with Gasteiger partial charge in [0.05, 0.1) is 11.8 Å². The molecule has 0 spiro atoms. The molecule has 5 aromatic rings. The first-order valence-corrected chi connectivity index (χ1v) is 10.6. The van der Waals surface area contributed by atoms with E-state index >= 15 is 0 Å². The number of rotatable bonds is 4. The number of benzene rings is 2. The van der Waals surface area contributed by atoms with Crippen LogP contribution in [0, 0.1) is 12.7 Å². The molecule has 0 saturated carbocycles. The number of nitrogens with zero attached hydrogens (tertiary/aromatic N) is 6. The van der Waals surface area contributed by atoms with Crippen molar-refractivity contribution in [2.75, 3.05) is 11.5 Å². The fraction of sp³-hybridized carbons (Fsp3) is 0.125. The third kappa shape index (κ3) is 3.19. The van der Waals surface area contributed by atoms with E-state index in [9.17, 15) is 9.18 Å². The maximum atomic E-state index is 14.8. The van der Waals surface area contributed by atoms with E-state index in [2.05, 4.69) is 20.3 Å². The Kier molecular flexibility index (Phi) is 4.58. The average Bonchev–Trinajstić information content (AvgIpc) is 3.59. The molecule has 10 heteroatoms. The van der Waals surface area contributed by atoms with Gasteiger partial charge in [0.1, 0.15) is 30.6 Å². The van der Waals surface area contributed by atoms with Crippen molar-refractivity contribution in [1.82, 2.24) is 29.8 Å². The van der Waals surface area contributed by atoms with Gasteiger partial charge in [-0.05, 0) is 41.8 Å². The quantitative estimate of drug-likeness (QED) is 0.433. The first kappa shape index (κ1) is 20.0.